The number of carbonyl (C=O) groups excluding carboxylic acids is 1. The number of carbonyl (C=O) groups is 1. The van der Waals surface area contributed by atoms with Gasteiger partial charge in [0.05, 0.1) is 19.8 Å². The molecule has 252 valence electrons. The number of hydrogen-bond donors (Lipinski definition) is 2. The molecule has 0 aliphatic rings. The first-order valence-corrected chi connectivity index (χ1v) is 18.5. The Morgan fingerprint density at radius 3 is 1.95 bits per heavy atom. The number of hydrogen-bond acceptors (Lipinski definition) is 7. The van der Waals surface area contributed by atoms with E-state index < -0.39 is 13.9 Å². The van der Waals surface area contributed by atoms with Crippen molar-refractivity contribution in [3.63, 3.8) is 0 Å². The summed E-state index contributed by atoms with van der Waals surface area (Å²) in [6, 6.07) is 0. The van der Waals surface area contributed by atoms with Crippen LogP contribution >= 0.6 is 7.82 Å². The van der Waals surface area contributed by atoms with Gasteiger partial charge in [-0.15, -0.1) is 0 Å². The van der Waals surface area contributed by atoms with Crippen LogP contribution in [0.2, 0.25) is 0 Å². The monoisotopic (exact) mass is 629 g/mol. The molecule has 43 heavy (non-hydrogen) atoms. The molecular weight excluding hydrogens is 565 g/mol. The average Bonchev–Trinajstić information content (AvgIpc) is 2.99. The number of ether oxygens (including phenoxy) is 2. The lowest BCUT2D eigenvalue weighted by Crippen LogP contribution is -2.28. The predicted octanol–water partition coefficient (Wildman–Crippen LogP) is 9.13. The van der Waals surface area contributed by atoms with E-state index in [9.17, 15) is 14.3 Å². The Balaban J connectivity index is 4.00. The predicted molar refractivity (Wildman–Crippen MR) is 178 cm³/mol. The first-order chi connectivity index (χ1) is 20.9. The van der Waals surface area contributed by atoms with Crippen LogP contribution in [0.5, 0.6) is 0 Å². The Morgan fingerprint density at radius 2 is 1.30 bits per heavy atom. The van der Waals surface area contributed by atoms with Crippen LogP contribution in [0.4, 0.5) is 0 Å². The van der Waals surface area contributed by atoms with Gasteiger partial charge in [-0.25, -0.2) is 4.57 Å². The van der Waals surface area contributed by atoms with Crippen LogP contribution in [-0.2, 0) is 27.9 Å². The van der Waals surface area contributed by atoms with Crippen molar-refractivity contribution in [3.05, 3.63) is 36.5 Å². The molecule has 3 N–H and O–H groups in total. The van der Waals surface area contributed by atoms with E-state index >= 15 is 0 Å². The minimum Gasteiger partial charge on any atom is -0.457 e. The molecule has 0 amide bonds. The van der Waals surface area contributed by atoms with Gasteiger partial charge in [-0.2, -0.15) is 0 Å². The van der Waals surface area contributed by atoms with Crippen molar-refractivity contribution in [2.75, 3.05) is 33.0 Å². The maximum absolute atomic E-state index is 12.3. The molecule has 0 radical (unpaired) electrons. The van der Waals surface area contributed by atoms with Gasteiger partial charge in [-0.3, -0.25) is 13.8 Å². The third-order valence-electron chi connectivity index (χ3n) is 6.82. The maximum atomic E-state index is 12.3. The summed E-state index contributed by atoms with van der Waals surface area (Å²) in [4.78, 5) is 22.1. The van der Waals surface area contributed by atoms with E-state index in [1.165, 1.54) is 57.8 Å². The zero-order chi connectivity index (χ0) is 31.7. The molecule has 0 saturated heterocycles. The molecule has 0 aromatic carbocycles. The highest BCUT2D eigenvalue weighted by atomic mass is 31.2. The molecule has 0 bridgehead atoms. The zero-order valence-electron chi connectivity index (χ0n) is 27.4. The van der Waals surface area contributed by atoms with E-state index in [2.05, 4.69) is 50.3 Å². The maximum Gasteiger partial charge on any atom is 0.472 e. The molecule has 0 aromatic rings. The third kappa shape index (κ3) is 31.9. The van der Waals surface area contributed by atoms with Gasteiger partial charge in [0.25, 0.3) is 0 Å². The highest BCUT2D eigenvalue weighted by Crippen LogP contribution is 2.43. The third-order valence-corrected chi connectivity index (χ3v) is 7.81. The smallest absolute Gasteiger partial charge is 0.457 e. The summed E-state index contributed by atoms with van der Waals surface area (Å²) in [5, 5.41) is 0. The van der Waals surface area contributed by atoms with E-state index in [-0.39, 0.29) is 32.3 Å². The lowest BCUT2D eigenvalue weighted by molar-refractivity contribution is -0.154. The summed E-state index contributed by atoms with van der Waals surface area (Å²) in [5.41, 5.74) is 5.32. The topological polar surface area (TPSA) is 117 Å². The number of nitrogens with two attached hydrogens (primary N) is 1. The number of unbranched alkanes of at least 4 members (excludes halogenated alkanes) is 13. The van der Waals surface area contributed by atoms with E-state index in [1.807, 2.05) is 0 Å². The van der Waals surface area contributed by atoms with E-state index in [1.54, 1.807) is 0 Å². The van der Waals surface area contributed by atoms with Gasteiger partial charge in [0.15, 0.2) is 0 Å². The Bertz CT molecular complexity index is 757. The van der Waals surface area contributed by atoms with Crippen LogP contribution in [-0.4, -0.2) is 49.9 Å². The lowest BCUT2D eigenvalue weighted by Gasteiger charge is -2.20. The van der Waals surface area contributed by atoms with Crippen molar-refractivity contribution >= 4 is 13.8 Å². The van der Waals surface area contributed by atoms with Crippen LogP contribution in [0.1, 0.15) is 136 Å². The Hall–Kier alpha value is -1.28. The molecule has 0 fully saturated rings. The molecular formula is C34H64NO7P. The second-order valence-corrected chi connectivity index (χ2v) is 12.5. The second-order valence-electron chi connectivity index (χ2n) is 11.0. The first kappa shape index (κ1) is 41.7. The normalized spacial score (nSPS) is 14.2. The van der Waals surface area contributed by atoms with Crippen LogP contribution in [0.25, 0.3) is 0 Å². The summed E-state index contributed by atoms with van der Waals surface area (Å²) in [7, 11) is -4.26. The van der Waals surface area contributed by atoms with Gasteiger partial charge in [-0.1, -0.05) is 121 Å². The average molecular weight is 630 g/mol. The Morgan fingerprint density at radius 1 is 0.721 bits per heavy atom. The molecule has 0 rings (SSSR count). The molecule has 0 aliphatic carbocycles. The van der Waals surface area contributed by atoms with Crippen molar-refractivity contribution in [3.8, 4) is 0 Å². The number of rotatable bonds is 32. The van der Waals surface area contributed by atoms with Crippen molar-refractivity contribution < 1.29 is 32.8 Å². The van der Waals surface area contributed by atoms with E-state index in [0.29, 0.717) is 13.0 Å². The molecule has 2 unspecified atom stereocenters. The molecule has 8 nitrogen and oxygen atoms in total. The number of phosphoric acid groups is 1. The first-order valence-electron chi connectivity index (χ1n) is 17.0. The summed E-state index contributed by atoms with van der Waals surface area (Å²) in [6.45, 7) is 4.71. The van der Waals surface area contributed by atoms with Crippen LogP contribution in [0.15, 0.2) is 36.5 Å². The van der Waals surface area contributed by atoms with Crippen molar-refractivity contribution in [1.82, 2.24) is 0 Å². The van der Waals surface area contributed by atoms with Gasteiger partial charge in [-0.05, 0) is 44.9 Å². The fraction of sp³-hybridized carbons (Fsp3) is 0.794. The number of phosphoric ester groups is 1. The van der Waals surface area contributed by atoms with Crippen LogP contribution in [0.3, 0.4) is 0 Å². The second kappa shape index (κ2) is 32.1. The lowest BCUT2D eigenvalue weighted by atomic mass is 10.1. The van der Waals surface area contributed by atoms with Crippen molar-refractivity contribution in [2.24, 2.45) is 5.73 Å². The van der Waals surface area contributed by atoms with Crippen LogP contribution < -0.4 is 5.73 Å². The van der Waals surface area contributed by atoms with Crippen LogP contribution in [0, 0.1) is 0 Å². The summed E-state index contributed by atoms with van der Waals surface area (Å²) >= 11 is 0. The van der Waals surface area contributed by atoms with Crippen molar-refractivity contribution in [2.45, 2.75) is 142 Å². The molecule has 0 saturated carbocycles. The largest absolute Gasteiger partial charge is 0.472 e. The fourth-order valence-corrected chi connectivity index (χ4v) is 5.13. The molecule has 0 spiro atoms. The molecule has 2 atom stereocenters. The minimum atomic E-state index is -4.26. The fourth-order valence-electron chi connectivity index (χ4n) is 4.36. The highest BCUT2D eigenvalue weighted by molar-refractivity contribution is 7.47. The number of allylic oxidation sites excluding steroid dienone is 6. The van der Waals surface area contributed by atoms with Gasteiger partial charge in [0.2, 0.25) is 0 Å². The quantitative estimate of drug-likeness (QED) is 0.0327. The van der Waals surface area contributed by atoms with E-state index in [4.69, 9.17) is 24.3 Å². The molecule has 9 heteroatoms. The zero-order valence-corrected chi connectivity index (χ0v) is 28.3. The van der Waals surface area contributed by atoms with Gasteiger partial charge < -0.3 is 20.1 Å². The van der Waals surface area contributed by atoms with Gasteiger partial charge in [0.1, 0.15) is 6.10 Å². The highest BCUT2D eigenvalue weighted by Gasteiger charge is 2.25. The molecule has 0 aromatic heterocycles. The molecule has 0 aliphatic heterocycles. The SMILES string of the molecule is CC/C=C\C/C=C\C/C=C\CCCCCCCCCCOCC(COP(=O)(O)OCCN)OC(=O)CCCCCCCC. The molecule has 0 heterocycles. The Kier molecular flexibility index (Phi) is 31.2. The summed E-state index contributed by atoms with van der Waals surface area (Å²) in [6.07, 6.45) is 33.2. The van der Waals surface area contributed by atoms with Crippen molar-refractivity contribution in [1.29, 1.82) is 0 Å². The number of esters is 1. The summed E-state index contributed by atoms with van der Waals surface area (Å²) < 4.78 is 33.0. The minimum absolute atomic E-state index is 0.0973. The Labute approximate surface area is 263 Å². The summed E-state index contributed by atoms with van der Waals surface area (Å²) in [5.74, 6) is -0.345. The van der Waals surface area contributed by atoms with E-state index in [0.717, 1.165) is 57.8 Å². The standard InChI is InChI=1S/C34H64NO7P/c1-3-5-7-9-11-12-13-14-15-16-17-18-19-20-21-22-24-26-29-39-31-33(32-41-43(37,38)40-30-28-35)42-34(36)27-25-23-10-8-6-4-2/h5,7,11-12,14-15,33H,3-4,6,8-10,13,16-32,35H2,1-2H3,(H,37,38)/b7-5-,12-11-,15-14-. The van der Waals surface area contributed by atoms with Gasteiger partial charge in [0, 0.05) is 19.6 Å². The van der Waals surface area contributed by atoms with Gasteiger partial charge >= 0.3 is 13.8 Å².